The summed E-state index contributed by atoms with van der Waals surface area (Å²) < 4.78 is 0. The number of rotatable bonds is 10. The van der Waals surface area contributed by atoms with E-state index in [0.717, 1.165) is 45.0 Å². The molecule has 0 saturated carbocycles. The van der Waals surface area contributed by atoms with Gasteiger partial charge in [0.25, 0.3) is 0 Å². The lowest BCUT2D eigenvalue weighted by molar-refractivity contribution is 0.125. The van der Waals surface area contributed by atoms with Gasteiger partial charge in [-0.05, 0) is 32.2 Å². The molecule has 0 bridgehead atoms. The minimum absolute atomic E-state index is 0.591. The highest BCUT2D eigenvalue weighted by Crippen LogP contribution is 2.06. The maximum absolute atomic E-state index is 4.86. The van der Waals surface area contributed by atoms with E-state index < -0.39 is 0 Å². The van der Waals surface area contributed by atoms with Crippen LogP contribution in [0.3, 0.4) is 0 Å². The number of nitrogens with zero attached hydrogens (tertiary/aromatic N) is 4. The zero-order valence-corrected chi connectivity index (χ0v) is 16.4. The molecule has 1 fully saturated rings. The van der Waals surface area contributed by atoms with Gasteiger partial charge in [0.05, 0.1) is 0 Å². The van der Waals surface area contributed by atoms with E-state index in [1.54, 1.807) is 0 Å². The van der Waals surface area contributed by atoms with E-state index in [2.05, 4.69) is 54.4 Å². The lowest BCUT2D eigenvalue weighted by Crippen LogP contribution is -2.47. The molecular weight excluding hydrogens is 298 g/mol. The highest BCUT2D eigenvalue weighted by Gasteiger charge is 2.17. The summed E-state index contributed by atoms with van der Waals surface area (Å²) >= 11 is 0. The van der Waals surface area contributed by atoms with Gasteiger partial charge < -0.3 is 20.0 Å². The smallest absolute Gasteiger partial charge is 0.193 e. The molecule has 0 aliphatic carbocycles. The van der Waals surface area contributed by atoms with Gasteiger partial charge in [-0.2, -0.15) is 0 Å². The van der Waals surface area contributed by atoms with Crippen molar-refractivity contribution in [3.05, 3.63) is 12.7 Å². The molecule has 1 atom stereocenters. The molecular formula is C19H39N5. The van der Waals surface area contributed by atoms with Gasteiger partial charge in [0.15, 0.2) is 5.96 Å². The van der Waals surface area contributed by atoms with Crippen LogP contribution in [-0.4, -0.2) is 86.6 Å². The first-order valence-electron chi connectivity index (χ1n) is 9.65. The third-order valence-corrected chi connectivity index (χ3v) is 4.63. The van der Waals surface area contributed by atoms with E-state index in [1.165, 1.54) is 32.7 Å². The van der Waals surface area contributed by atoms with E-state index in [-0.39, 0.29) is 0 Å². The molecule has 0 aromatic rings. The fourth-order valence-electron chi connectivity index (χ4n) is 3.08. The Balaban J connectivity index is 2.39. The summed E-state index contributed by atoms with van der Waals surface area (Å²) in [5.74, 6) is 1.62. The standard InChI is InChI=1S/C19H39N5/c1-6-9-10-11-22(5)19(20-7-2)21-16-18(4)17-24-14-12-23(8-3)13-15-24/h6,18H,1,7-17H2,2-5H3,(H,20,21). The number of unbranched alkanes of at least 4 members (excludes halogenated alkanes) is 1. The first-order valence-corrected chi connectivity index (χ1v) is 9.65. The van der Waals surface area contributed by atoms with E-state index in [9.17, 15) is 0 Å². The fraction of sp³-hybridized carbons (Fsp3) is 0.842. The van der Waals surface area contributed by atoms with Crippen molar-refractivity contribution >= 4 is 5.96 Å². The van der Waals surface area contributed by atoms with Crippen LogP contribution in [0.2, 0.25) is 0 Å². The number of guanidine groups is 1. The number of hydrogen-bond donors (Lipinski definition) is 1. The van der Waals surface area contributed by atoms with E-state index >= 15 is 0 Å². The summed E-state index contributed by atoms with van der Waals surface area (Å²) in [6.45, 7) is 20.5. The number of piperazine rings is 1. The molecule has 1 unspecified atom stereocenters. The van der Waals surface area contributed by atoms with Crippen LogP contribution < -0.4 is 5.32 Å². The van der Waals surface area contributed by atoms with Crippen molar-refractivity contribution < 1.29 is 0 Å². The quantitative estimate of drug-likeness (QED) is 0.287. The molecule has 24 heavy (non-hydrogen) atoms. The first-order chi connectivity index (χ1) is 11.6. The van der Waals surface area contributed by atoms with E-state index in [4.69, 9.17) is 4.99 Å². The van der Waals surface area contributed by atoms with Crippen LogP contribution in [0, 0.1) is 5.92 Å². The van der Waals surface area contributed by atoms with Gasteiger partial charge in [-0.15, -0.1) is 6.58 Å². The van der Waals surface area contributed by atoms with Gasteiger partial charge in [-0.25, -0.2) is 0 Å². The third-order valence-electron chi connectivity index (χ3n) is 4.63. The van der Waals surface area contributed by atoms with Crippen LogP contribution in [0.4, 0.5) is 0 Å². The summed E-state index contributed by atoms with van der Waals surface area (Å²) in [6, 6.07) is 0. The van der Waals surface area contributed by atoms with Crippen molar-refractivity contribution in [1.82, 2.24) is 20.0 Å². The molecule has 0 spiro atoms. The second kappa shape index (κ2) is 12.3. The summed E-state index contributed by atoms with van der Waals surface area (Å²) in [4.78, 5) is 12.2. The molecule has 1 rings (SSSR count). The topological polar surface area (TPSA) is 34.1 Å². The molecule has 140 valence electrons. The van der Waals surface area contributed by atoms with Crippen molar-refractivity contribution in [2.75, 3.05) is 66.0 Å². The Bertz CT molecular complexity index is 361. The lowest BCUT2D eigenvalue weighted by Gasteiger charge is -2.35. The molecule has 0 radical (unpaired) electrons. The van der Waals surface area contributed by atoms with E-state index in [1.807, 2.05) is 6.08 Å². The van der Waals surface area contributed by atoms with E-state index in [0.29, 0.717) is 5.92 Å². The number of likely N-dealkylation sites (N-methyl/N-ethyl adjacent to an activating group) is 1. The first kappa shape index (κ1) is 21.0. The normalized spacial score (nSPS) is 18.4. The lowest BCUT2D eigenvalue weighted by atomic mass is 10.1. The molecule has 5 nitrogen and oxygen atoms in total. The fourth-order valence-corrected chi connectivity index (χ4v) is 3.08. The maximum atomic E-state index is 4.86. The molecule has 1 saturated heterocycles. The summed E-state index contributed by atoms with van der Waals surface area (Å²) in [6.07, 6.45) is 4.17. The van der Waals surface area contributed by atoms with Crippen LogP contribution in [0.5, 0.6) is 0 Å². The third kappa shape index (κ3) is 8.15. The summed E-state index contributed by atoms with van der Waals surface area (Å²) in [7, 11) is 2.12. The Labute approximate surface area is 149 Å². The molecule has 1 aliphatic rings. The van der Waals surface area contributed by atoms with Crippen LogP contribution >= 0.6 is 0 Å². The minimum Gasteiger partial charge on any atom is -0.357 e. The summed E-state index contributed by atoms with van der Waals surface area (Å²) in [5.41, 5.74) is 0. The molecule has 0 amide bonds. The van der Waals surface area contributed by atoms with Gasteiger partial charge in [0.2, 0.25) is 0 Å². The molecule has 5 heteroatoms. The SMILES string of the molecule is C=CCCCN(C)C(=NCC(C)CN1CCN(CC)CC1)NCC. The van der Waals surface area contributed by atoms with Gasteiger partial charge >= 0.3 is 0 Å². The monoisotopic (exact) mass is 337 g/mol. The van der Waals surface area contributed by atoms with Crippen molar-refractivity contribution in [2.45, 2.75) is 33.6 Å². The second-order valence-corrected chi connectivity index (χ2v) is 6.89. The Morgan fingerprint density at radius 2 is 1.92 bits per heavy atom. The van der Waals surface area contributed by atoms with Gasteiger partial charge in [-0.3, -0.25) is 4.99 Å². The molecule has 0 aromatic carbocycles. The molecule has 1 heterocycles. The van der Waals surface area contributed by atoms with Crippen LogP contribution in [0.25, 0.3) is 0 Å². The van der Waals surface area contributed by atoms with Crippen molar-refractivity contribution in [1.29, 1.82) is 0 Å². The Hall–Kier alpha value is -1.07. The van der Waals surface area contributed by atoms with Gasteiger partial charge in [-0.1, -0.05) is 19.9 Å². The molecule has 1 N–H and O–H groups in total. The Morgan fingerprint density at radius 1 is 1.25 bits per heavy atom. The average Bonchev–Trinajstić information content (AvgIpc) is 2.59. The van der Waals surface area contributed by atoms with Gasteiger partial charge in [0, 0.05) is 59.4 Å². The zero-order chi connectivity index (χ0) is 17.8. The van der Waals surface area contributed by atoms with Crippen LogP contribution in [0.1, 0.15) is 33.6 Å². The largest absolute Gasteiger partial charge is 0.357 e. The highest BCUT2D eigenvalue weighted by molar-refractivity contribution is 5.79. The molecule has 0 aromatic heterocycles. The summed E-state index contributed by atoms with van der Waals surface area (Å²) in [5, 5.41) is 3.41. The number of hydrogen-bond acceptors (Lipinski definition) is 3. The van der Waals surface area contributed by atoms with Crippen molar-refractivity contribution in [2.24, 2.45) is 10.9 Å². The van der Waals surface area contributed by atoms with Gasteiger partial charge in [0.1, 0.15) is 0 Å². The zero-order valence-electron chi connectivity index (χ0n) is 16.4. The Morgan fingerprint density at radius 3 is 2.50 bits per heavy atom. The number of allylic oxidation sites excluding steroid dienone is 1. The predicted octanol–water partition coefficient (Wildman–Crippen LogP) is 2.12. The average molecular weight is 338 g/mol. The predicted molar refractivity (Wildman–Crippen MR) is 106 cm³/mol. The highest BCUT2D eigenvalue weighted by atomic mass is 15.3. The molecule has 1 aliphatic heterocycles. The number of aliphatic imine (C=N–C) groups is 1. The minimum atomic E-state index is 0.591. The maximum Gasteiger partial charge on any atom is 0.193 e. The van der Waals surface area contributed by atoms with Crippen molar-refractivity contribution in [3.8, 4) is 0 Å². The van der Waals surface area contributed by atoms with Crippen LogP contribution in [-0.2, 0) is 0 Å². The van der Waals surface area contributed by atoms with Crippen LogP contribution in [0.15, 0.2) is 17.6 Å². The van der Waals surface area contributed by atoms with Crippen molar-refractivity contribution in [3.63, 3.8) is 0 Å². The number of nitrogens with one attached hydrogen (secondary N) is 1. The Kier molecular flexibility index (Phi) is 10.8. The second-order valence-electron chi connectivity index (χ2n) is 6.89.